The quantitative estimate of drug-likeness (QED) is 0.743. The van der Waals surface area contributed by atoms with Crippen molar-refractivity contribution in [1.29, 1.82) is 0 Å². The van der Waals surface area contributed by atoms with Gasteiger partial charge in [-0.3, -0.25) is 9.82 Å². The standard InChI is InChI=1S/C13H16N4O3S/c1-8-7-15-16-13(8)17-21(18,19)11-6-10(14)5-9-3-2-4-20-12(9)11/h5-7H,2-4,14H2,1H3,(H2,15,16,17). The predicted octanol–water partition coefficient (Wildman–Crippen LogP) is 1.43. The average molecular weight is 308 g/mol. The van der Waals surface area contributed by atoms with E-state index in [2.05, 4.69) is 14.9 Å². The predicted molar refractivity (Wildman–Crippen MR) is 78.8 cm³/mol. The first-order valence-electron chi connectivity index (χ1n) is 6.55. The maximum atomic E-state index is 12.6. The zero-order valence-corrected chi connectivity index (χ0v) is 12.3. The van der Waals surface area contributed by atoms with E-state index < -0.39 is 10.0 Å². The fourth-order valence-electron chi connectivity index (χ4n) is 2.31. The molecular weight excluding hydrogens is 292 g/mol. The van der Waals surface area contributed by atoms with E-state index in [-0.39, 0.29) is 4.90 Å². The Morgan fingerprint density at radius 1 is 1.43 bits per heavy atom. The van der Waals surface area contributed by atoms with E-state index in [4.69, 9.17) is 10.5 Å². The molecule has 0 unspecified atom stereocenters. The topological polar surface area (TPSA) is 110 Å². The van der Waals surface area contributed by atoms with Crippen LogP contribution in [0.4, 0.5) is 11.5 Å². The molecule has 7 nitrogen and oxygen atoms in total. The third-order valence-corrected chi connectivity index (χ3v) is 4.70. The van der Waals surface area contributed by atoms with Gasteiger partial charge in [0.05, 0.1) is 12.8 Å². The number of benzene rings is 1. The highest BCUT2D eigenvalue weighted by molar-refractivity contribution is 7.92. The smallest absolute Gasteiger partial charge is 0.266 e. The summed E-state index contributed by atoms with van der Waals surface area (Å²) in [5.41, 5.74) is 7.75. The van der Waals surface area contributed by atoms with E-state index in [1.54, 1.807) is 19.2 Å². The number of rotatable bonds is 3. The fourth-order valence-corrected chi connectivity index (χ4v) is 3.62. The summed E-state index contributed by atoms with van der Waals surface area (Å²) < 4.78 is 33.2. The van der Waals surface area contributed by atoms with E-state index in [0.29, 0.717) is 29.4 Å². The summed E-state index contributed by atoms with van der Waals surface area (Å²) in [6.07, 6.45) is 3.15. The monoisotopic (exact) mass is 308 g/mol. The largest absolute Gasteiger partial charge is 0.492 e. The van der Waals surface area contributed by atoms with Gasteiger partial charge in [-0.05, 0) is 37.5 Å². The summed E-state index contributed by atoms with van der Waals surface area (Å²) in [6, 6.07) is 3.17. The number of aryl methyl sites for hydroxylation is 2. The molecule has 0 aliphatic carbocycles. The minimum Gasteiger partial charge on any atom is -0.492 e. The number of nitrogens with zero attached hydrogens (tertiary/aromatic N) is 1. The number of anilines is 2. The van der Waals surface area contributed by atoms with Gasteiger partial charge in [0.25, 0.3) is 10.0 Å². The molecular formula is C13H16N4O3S. The molecule has 0 spiro atoms. The molecule has 0 amide bonds. The Labute approximate surface area is 122 Å². The van der Waals surface area contributed by atoms with Crippen molar-refractivity contribution in [3.8, 4) is 5.75 Å². The number of sulfonamides is 1. The summed E-state index contributed by atoms with van der Waals surface area (Å²) in [4.78, 5) is 0.0613. The number of nitrogens with one attached hydrogen (secondary N) is 2. The Bertz CT molecular complexity index is 783. The number of nitrogen functional groups attached to an aromatic ring is 1. The van der Waals surface area contributed by atoms with E-state index in [9.17, 15) is 8.42 Å². The third-order valence-electron chi connectivity index (χ3n) is 3.35. The van der Waals surface area contributed by atoms with E-state index in [1.807, 2.05) is 0 Å². The highest BCUT2D eigenvalue weighted by atomic mass is 32.2. The molecule has 0 saturated heterocycles. The Morgan fingerprint density at radius 3 is 2.95 bits per heavy atom. The van der Waals surface area contributed by atoms with Crippen LogP contribution in [0.15, 0.2) is 23.2 Å². The molecule has 0 radical (unpaired) electrons. The van der Waals surface area contributed by atoms with Crippen LogP contribution in [-0.4, -0.2) is 25.2 Å². The van der Waals surface area contributed by atoms with Crippen molar-refractivity contribution in [3.63, 3.8) is 0 Å². The van der Waals surface area contributed by atoms with Crippen LogP contribution in [0.1, 0.15) is 17.5 Å². The van der Waals surface area contributed by atoms with Crippen LogP contribution < -0.4 is 15.2 Å². The lowest BCUT2D eigenvalue weighted by Gasteiger charge is -2.21. The molecule has 4 N–H and O–H groups in total. The first-order valence-corrected chi connectivity index (χ1v) is 8.03. The first kappa shape index (κ1) is 13.7. The lowest BCUT2D eigenvalue weighted by Crippen LogP contribution is -2.19. The summed E-state index contributed by atoms with van der Waals surface area (Å²) in [6.45, 7) is 2.26. The summed E-state index contributed by atoms with van der Waals surface area (Å²) in [7, 11) is -3.80. The maximum Gasteiger partial charge on any atom is 0.266 e. The number of hydrogen-bond acceptors (Lipinski definition) is 5. The number of aromatic amines is 1. The average Bonchev–Trinajstić information content (AvgIpc) is 2.82. The van der Waals surface area contributed by atoms with Gasteiger partial charge in [-0.2, -0.15) is 5.10 Å². The van der Waals surface area contributed by atoms with Crippen LogP contribution in [0.5, 0.6) is 5.75 Å². The zero-order chi connectivity index (χ0) is 15.0. The van der Waals surface area contributed by atoms with Crippen molar-refractivity contribution >= 4 is 21.5 Å². The Morgan fingerprint density at radius 2 is 2.24 bits per heavy atom. The Hall–Kier alpha value is -2.22. The van der Waals surface area contributed by atoms with Crippen molar-refractivity contribution in [2.24, 2.45) is 0 Å². The molecule has 0 saturated carbocycles. The number of hydrogen-bond donors (Lipinski definition) is 3. The number of H-pyrrole nitrogens is 1. The number of fused-ring (bicyclic) bond motifs is 1. The second-order valence-electron chi connectivity index (χ2n) is 4.99. The molecule has 8 heteroatoms. The maximum absolute atomic E-state index is 12.6. The molecule has 3 rings (SSSR count). The van der Waals surface area contributed by atoms with Crippen LogP contribution in [0.25, 0.3) is 0 Å². The number of ether oxygens (including phenoxy) is 1. The Kier molecular flexibility index (Phi) is 3.25. The Balaban J connectivity index is 2.07. The van der Waals surface area contributed by atoms with Crippen molar-refractivity contribution < 1.29 is 13.2 Å². The fraction of sp³-hybridized carbons (Fsp3) is 0.308. The van der Waals surface area contributed by atoms with Gasteiger partial charge in [0.15, 0.2) is 0 Å². The molecule has 21 heavy (non-hydrogen) atoms. The van der Waals surface area contributed by atoms with Crippen LogP contribution >= 0.6 is 0 Å². The number of aromatic nitrogens is 2. The highest BCUT2D eigenvalue weighted by Gasteiger charge is 2.26. The summed E-state index contributed by atoms with van der Waals surface area (Å²) in [5.74, 6) is 0.724. The van der Waals surface area contributed by atoms with Crippen molar-refractivity contribution in [1.82, 2.24) is 10.2 Å². The lowest BCUT2D eigenvalue weighted by molar-refractivity contribution is 0.280. The van der Waals surface area contributed by atoms with Crippen LogP contribution in [0, 0.1) is 6.92 Å². The van der Waals surface area contributed by atoms with Crippen molar-refractivity contribution in [2.45, 2.75) is 24.7 Å². The first-order chi connectivity index (χ1) is 9.97. The van der Waals surface area contributed by atoms with E-state index in [0.717, 1.165) is 18.4 Å². The summed E-state index contributed by atoms with van der Waals surface area (Å²) >= 11 is 0. The van der Waals surface area contributed by atoms with E-state index in [1.165, 1.54) is 6.07 Å². The molecule has 112 valence electrons. The normalized spacial score (nSPS) is 14.3. The molecule has 1 aliphatic rings. The molecule has 0 fully saturated rings. The van der Waals surface area contributed by atoms with Crippen LogP contribution in [0.2, 0.25) is 0 Å². The lowest BCUT2D eigenvalue weighted by atomic mass is 10.1. The molecule has 0 atom stereocenters. The molecule has 2 heterocycles. The molecule has 1 aromatic heterocycles. The minimum absolute atomic E-state index is 0.0613. The molecule has 2 aromatic rings. The van der Waals surface area contributed by atoms with Crippen LogP contribution in [-0.2, 0) is 16.4 Å². The van der Waals surface area contributed by atoms with Gasteiger partial charge in [-0.15, -0.1) is 0 Å². The third kappa shape index (κ3) is 2.54. The van der Waals surface area contributed by atoms with Gasteiger partial charge in [0.1, 0.15) is 16.5 Å². The van der Waals surface area contributed by atoms with Gasteiger partial charge in [-0.1, -0.05) is 0 Å². The van der Waals surface area contributed by atoms with Gasteiger partial charge in [-0.25, -0.2) is 8.42 Å². The van der Waals surface area contributed by atoms with Gasteiger partial charge < -0.3 is 10.5 Å². The van der Waals surface area contributed by atoms with Crippen molar-refractivity contribution in [2.75, 3.05) is 17.1 Å². The zero-order valence-electron chi connectivity index (χ0n) is 11.5. The second kappa shape index (κ2) is 4.96. The number of nitrogens with two attached hydrogens (primary N) is 1. The molecule has 1 aromatic carbocycles. The van der Waals surface area contributed by atoms with E-state index >= 15 is 0 Å². The molecule has 1 aliphatic heterocycles. The van der Waals surface area contributed by atoms with Crippen LogP contribution in [0.3, 0.4) is 0 Å². The second-order valence-corrected chi connectivity index (χ2v) is 6.64. The van der Waals surface area contributed by atoms with Gasteiger partial charge in [0, 0.05) is 11.3 Å². The van der Waals surface area contributed by atoms with Gasteiger partial charge >= 0.3 is 0 Å². The minimum atomic E-state index is -3.80. The summed E-state index contributed by atoms with van der Waals surface area (Å²) in [5, 5.41) is 6.41. The highest BCUT2D eigenvalue weighted by Crippen LogP contribution is 2.35. The van der Waals surface area contributed by atoms with Gasteiger partial charge in [0.2, 0.25) is 0 Å². The SMILES string of the molecule is Cc1cn[nH]c1NS(=O)(=O)c1cc(N)cc2c1OCCC2. The van der Waals surface area contributed by atoms with Crippen molar-refractivity contribution in [3.05, 3.63) is 29.5 Å². The molecule has 0 bridgehead atoms.